The number of sulfone groups is 1. The van der Waals surface area contributed by atoms with Crippen molar-refractivity contribution in [2.45, 2.75) is 10.8 Å². The molecule has 0 radical (unpaired) electrons. The highest BCUT2D eigenvalue weighted by Gasteiger charge is 2.11. The van der Waals surface area contributed by atoms with Gasteiger partial charge in [0.1, 0.15) is 0 Å². The predicted molar refractivity (Wildman–Crippen MR) is 83.5 cm³/mol. The molecule has 0 heterocycles. The van der Waals surface area contributed by atoms with Gasteiger partial charge in [0.2, 0.25) is 0 Å². The van der Waals surface area contributed by atoms with E-state index in [2.05, 4.69) is 5.32 Å². The number of halogens is 1. The van der Waals surface area contributed by atoms with Crippen molar-refractivity contribution in [2.75, 3.05) is 11.6 Å². The fourth-order valence-corrected chi connectivity index (χ4v) is 2.59. The maximum atomic E-state index is 12.1. The second-order valence-corrected chi connectivity index (χ2v) is 6.87. The molecule has 0 unspecified atom stereocenters. The summed E-state index contributed by atoms with van der Waals surface area (Å²) in [6.45, 7) is 0. The third-order valence-electron chi connectivity index (χ3n) is 2.89. The van der Waals surface area contributed by atoms with Crippen molar-refractivity contribution in [1.29, 1.82) is 0 Å². The number of hydrogen-bond acceptors (Lipinski definition) is 3. The van der Waals surface area contributed by atoms with Crippen molar-refractivity contribution in [3.63, 3.8) is 0 Å². The number of amides is 1. The van der Waals surface area contributed by atoms with Crippen molar-refractivity contribution in [3.05, 3.63) is 59.7 Å². The number of carbonyl (C=O) groups is 1. The van der Waals surface area contributed by atoms with Gasteiger partial charge in [-0.2, -0.15) is 0 Å². The molecular weight excluding hydrogens is 310 g/mol. The molecule has 0 aromatic heterocycles. The van der Waals surface area contributed by atoms with E-state index in [0.29, 0.717) is 17.1 Å². The average Bonchev–Trinajstić information content (AvgIpc) is 2.47. The first-order valence-corrected chi connectivity index (χ1v) is 8.59. The maximum Gasteiger partial charge on any atom is 0.255 e. The topological polar surface area (TPSA) is 63.2 Å². The lowest BCUT2D eigenvalue weighted by Crippen LogP contribution is -2.12. The van der Waals surface area contributed by atoms with E-state index in [0.717, 1.165) is 11.8 Å². The highest BCUT2D eigenvalue weighted by atomic mass is 35.5. The highest BCUT2D eigenvalue weighted by molar-refractivity contribution is 7.90. The second-order valence-electron chi connectivity index (χ2n) is 4.58. The van der Waals surface area contributed by atoms with Crippen LogP contribution < -0.4 is 5.32 Å². The molecule has 4 nitrogen and oxygen atoms in total. The molecule has 0 spiro atoms. The molecular formula is C15H14ClNO3S. The number of hydrogen-bond donors (Lipinski definition) is 1. The SMILES string of the molecule is CS(=O)(=O)c1cccc(C(=O)Nc2ccc(CCl)cc2)c1. The van der Waals surface area contributed by atoms with Gasteiger partial charge in [0.05, 0.1) is 4.90 Å². The third kappa shape index (κ3) is 4.06. The number of benzene rings is 2. The summed E-state index contributed by atoms with van der Waals surface area (Å²) in [7, 11) is -3.34. The molecule has 1 amide bonds. The molecule has 110 valence electrons. The normalized spacial score (nSPS) is 11.1. The van der Waals surface area contributed by atoms with Gasteiger partial charge in [-0.25, -0.2) is 8.42 Å². The molecule has 0 bridgehead atoms. The summed E-state index contributed by atoms with van der Waals surface area (Å²) < 4.78 is 23.0. The number of alkyl halides is 1. The third-order valence-corrected chi connectivity index (χ3v) is 4.31. The second kappa shape index (κ2) is 6.28. The lowest BCUT2D eigenvalue weighted by Gasteiger charge is -2.07. The lowest BCUT2D eigenvalue weighted by molar-refractivity contribution is 0.102. The van der Waals surface area contributed by atoms with Crippen LogP contribution in [0.5, 0.6) is 0 Å². The van der Waals surface area contributed by atoms with Crippen LogP contribution >= 0.6 is 11.6 Å². The Kier molecular flexibility index (Phi) is 4.65. The number of carbonyl (C=O) groups excluding carboxylic acids is 1. The molecule has 1 N–H and O–H groups in total. The van der Waals surface area contributed by atoms with Gasteiger partial charge in [0.15, 0.2) is 9.84 Å². The maximum absolute atomic E-state index is 12.1. The van der Waals surface area contributed by atoms with Crippen molar-refractivity contribution < 1.29 is 13.2 Å². The monoisotopic (exact) mass is 323 g/mol. The molecule has 2 aromatic rings. The van der Waals surface area contributed by atoms with Gasteiger partial charge in [-0.05, 0) is 35.9 Å². The van der Waals surface area contributed by atoms with E-state index in [1.807, 2.05) is 12.1 Å². The Morgan fingerprint density at radius 2 is 1.81 bits per heavy atom. The molecule has 0 saturated carbocycles. The largest absolute Gasteiger partial charge is 0.322 e. The summed E-state index contributed by atoms with van der Waals surface area (Å²) in [5.41, 5.74) is 1.87. The Balaban J connectivity index is 2.20. The van der Waals surface area contributed by atoms with E-state index in [1.165, 1.54) is 12.1 Å². The van der Waals surface area contributed by atoms with E-state index in [9.17, 15) is 13.2 Å². The van der Waals surface area contributed by atoms with Gasteiger partial charge in [-0.1, -0.05) is 18.2 Å². The molecule has 0 aliphatic heterocycles. The van der Waals surface area contributed by atoms with Crippen LogP contribution in [-0.2, 0) is 15.7 Å². The zero-order chi connectivity index (χ0) is 15.5. The first-order valence-electron chi connectivity index (χ1n) is 6.16. The van der Waals surface area contributed by atoms with Crippen LogP contribution in [0.1, 0.15) is 15.9 Å². The first kappa shape index (κ1) is 15.5. The Hall–Kier alpha value is -1.85. The summed E-state index contributed by atoms with van der Waals surface area (Å²) in [4.78, 5) is 12.2. The molecule has 6 heteroatoms. The summed E-state index contributed by atoms with van der Waals surface area (Å²) in [6.07, 6.45) is 1.11. The van der Waals surface area contributed by atoms with Gasteiger partial charge in [-0.15, -0.1) is 11.6 Å². The van der Waals surface area contributed by atoms with Crippen molar-refractivity contribution in [3.8, 4) is 0 Å². The summed E-state index contributed by atoms with van der Waals surface area (Å²) in [5.74, 6) is 0.0454. The van der Waals surface area contributed by atoms with Crippen LogP contribution in [0.15, 0.2) is 53.4 Å². The molecule has 0 atom stereocenters. The van der Waals surface area contributed by atoms with Crippen molar-refractivity contribution in [1.82, 2.24) is 0 Å². The molecule has 2 aromatic carbocycles. The zero-order valence-corrected chi connectivity index (χ0v) is 12.9. The van der Waals surface area contributed by atoms with Crippen LogP contribution in [-0.4, -0.2) is 20.6 Å². The van der Waals surface area contributed by atoms with Crippen LogP contribution in [0.4, 0.5) is 5.69 Å². The Morgan fingerprint density at radius 3 is 2.38 bits per heavy atom. The minimum atomic E-state index is -3.34. The summed E-state index contributed by atoms with van der Waals surface area (Å²) in [6, 6.07) is 13.1. The number of rotatable bonds is 4. The zero-order valence-electron chi connectivity index (χ0n) is 11.3. The molecule has 0 aliphatic rings. The van der Waals surface area contributed by atoms with Crippen LogP contribution in [0.3, 0.4) is 0 Å². The van der Waals surface area contributed by atoms with Gasteiger partial charge >= 0.3 is 0 Å². The lowest BCUT2D eigenvalue weighted by atomic mass is 10.2. The van der Waals surface area contributed by atoms with E-state index in [4.69, 9.17) is 11.6 Å². The van der Waals surface area contributed by atoms with E-state index >= 15 is 0 Å². The fraction of sp³-hybridized carbons (Fsp3) is 0.133. The van der Waals surface area contributed by atoms with Crippen molar-refractivity contribution in [2.24, 2.45) is 0 Å². The first-order chi connectivity index (χ1) is 9.90. The predicted octanol–water partition coefficient (Wildman–Crippen LogP) is 3.08. The molecule has 0 aliphatic carbocycles. The minimum absolute atomic E-state index is 0.118. The average molecular weight is 324 g/mol. The van der Waals surface area contributed by atoms with Crippen LogP contribution in [0.25, 0.3) is 0 Å². The fourth-order valence-electron chi connectivity index (χ4n) is 1.75. The van der Waals surface area contributed by atoms with Crippen molar-refractivity contribution >= 4 is 33.0 Å². The number of nitrogens with one attached hydrogen (secondary N) is 1. The van der Waals surface area contributed by atoms with E-state index in [1.54, 1.807) is 24.3 Å². The van der Waals surface area contributed by atoms with Gasteiger partial charge in [-0.3, -0.25) is 4.79 Å². The van der Waals surface area contributed by atoms with Gasteiger partial charge in [0, 0.05) is 23.4 Å². The minimum Gasteiger partial charge on any atom is -0.322 e. The smallest absolute Gasteiger partial charge is 0.255 e. The van der Waals surface area contributed by atoms with E-state index in [-0.39, 0.29) is 10.8 Å². The molecule has 2 rings (SSSR count). The molecule has 21 heavy (non-hydrogen) atoms. The Labute approximate surface area is 128 Å². The van der Waals surface area contributed by atoms with E-state index < -0.39 is 9.84 Å². The molecule has 0 saturated heterocycles. The number of anilines is 1. The van der Waals surface area contributed by atoms with Crippen LogP contribution in [0, 0.1) is 0 Å². The molecule has 0 fully saturated rings. The highest BCUT2D eigenvalue weighted by Crippen LogP contribution is 2.15. The van der Waals surface area contributed by atoms with Gasteiger partial charge < -0.3 is 5.32 Å². The van der Waals surface area contributed by atoms with Gasteiger partial charge in [0.25, 0.3) is 5.91 Å². The van der Waals surface area contributed by atoms with Crippen LogP contribution in [0.2, 0.25) is 0 Å². The Morgan fingerprint density at radius 1 is 1.14 bits per heavy atom. The summed E-state index contributed by atoms with van der Waals surface area (Å²) in [5, 5.41) is 2.71. The quantitative estimate of drug-likeness (QED) is 0.879. The summed E-state index contributed by atoms with van der Waals surface area (Å²) >= 11 is 5.70. The standard InChI is InChI=1S/C15H14ClNO3S/c1-21(19,20)14-4-2-3-12(9-14)15(18)17-13-7-5-11(10-16)6-8-13/h2-9H,10H2,1H3,(H,17,18). The Bertz CT molecular complexity index is 755.